The van der Waals surface area contributed by atoms with E-state index in [9.17, 15) is 4.79 Å². The van der Waals surface area contributed by atoms with Crippen LogP contribution in [0.2, 0.25) is 0 Å². The number of nitriles is 1. The van der Waals surface area contributed by atoms with E-state index in [1.54, 1.807) is 24.3 Å². The fourth-order valence-corrected chi connectivity index (χ4v) is 1.01. The zero-order valence-electron chi connectivity index (χ0n) is 6.04. The van der Waals surface area contributed by atoms with Crippen LogP contribution in [0.4, 0.5) is 10.5 Å². The molecule has 0 heterocycles. The van der Waals surface area contributed by atoms with Crippen LogP contribution >= 0.6 is 15.9 Å². The van der Waals surface area contributed by atoms with Crippen molar-refractivity contribution in [3.8, 4) is 6.07 Å². The summed E-state index contributed by atoms with van der Waals surface area (Å²) in [6, 6.07) is 8.65. The number of nitrogens with zero attached hydrogens (tertiary/aromatic N) is 1. The summed E-state index contributed by atoms with van der Waals surface area (Å²) < 4.78 is 0. The number of hydrogen-bond donors (Lipinski definition) is 1. The molecule has 1 rings (SSSR count). The van der Waals surface area contributed by atoms with E-state index in [0.29, 0.717) is 11.3 Å². The summed E-state index contributed by atoms with van der Waals surface area (Å²) in [6.45, 7) is 0. The Morgan fingerprint density at radius 2 is 2.33 bits per heavy atom. The molecule has 1 amide bonds. The molecule has 0 spiro atoms. The van der Waals surface area contributed by atoms with Gasteiger partial charge in [0.15, 0.2) is 0 Å². The molecule has 0 aliphatic carbocycles. The molecule has 0 aromatic heterocycles. The van der Waals surface area contributed by atoms with Crippen molar-refractivity contribution in [2.24, 2.45) is 0 Å². The van der Waals surface area contributed by atoms with Crippen LogP contribution in [0.3, 0.4) is 0 Å². The minimum Gasteiger partial charge on any atom is -0.316 e. The van der Waals surface area contributed by atoms with Crippen LogP contribution in [0.1, 0.15) is 5.56 Å². The van der Waals surface area contributed by atoms with E-state index in [-0.39, 0.29) is 4.82 Å². The Bertz CT molecular complexity index is 343. The molecule has 4 heteroatoms. The molecule has 3 nitrogen and oxygen atoms in total. The Morgan fingerprint density at radius 1 is 1.58 bits per heavy atom. The van der Waals surface area contributed by atoms with Crippen molar-refractivity contribution in [2.75, 3.05) is 5.32 Å². The van der Waals surface area contributed by atoms with Crippen molar-refractivity contribution < 1.29 is 4.79 Å². The molecule has 0 saturated carbocycles. The number of hydrogen-bond acceptors (Lipinski definition) is 2. The Kier molecular flexibility index (Phi) is 2.83. The third kappa shape index (κ3) is 2.36. The highest BCUT2D eigenvalue weighted by molar-refractivity contribution is 9.18. The van der Waals surface area contributed by atoms with Gasteiger partial charge in [-0.2, -0.15) is 5.26 Å². The molecule has 1 aromatic rings. The summed E-state index contributed by atoms with van der Waals surface area (Å²) >= 11 is 2.72. The SMILES string of the molecule is N#Cc1cccc(NC(=O)Br)c1. The van der Waals surface area contributed by atoms with Gasteiger partial charge in [0.05, 0.1) is 11.6 Å². The average molecular weight is 225 g/mol. The van der Waals surface area contributed by atoms with Crippen molar-refractivity contribution in [1.82, 2.24) is 0 Å². The number of amides is 1. The molecule has 0 saturated heterocycles. The molecule has 0 fully saturated rings. The molecule has 0 radical (unpaired) electrons. The van der Waals surface area contributed by atoms with Gasteiger partial charge in [-0.25, -0.2) is 0 Å². The van der Waals surface area contributed by atoms with E-state index < -0.39 is 0 Å². The molecule has 0 aliphatic heterocycles. The lowest BCUT2D eigenvalue weighted by atomic mass is 10.2. The van der Waals surface area contributed by atoms with Gasteiger partial charge in [0.2, 0.25) is 0 Å². The minimum atomic E-state index is -0.322. The van der Waals surface area contributed by atoms with Gasteiger partial charge < -0.3 is 5.32 Å². The second kappa shape index (κ2) is 3.88. The molecule has 0 aliphatic rings. The monoisotopic (exact) mass is 224 g/mol. The third-order valence-electron chi connectivity index (χ3n) is 1.23. The van der Waals surface area contributed by atoms with Gasteiger partial charge in [-0.15, -0.1) is 0 Å². The van der Waals surface area contributed by atoms with Gasteiger partial charge in [0.1, 0.15) is 0 Å². The van der Waals surface area contributed by atoms with Gasteiger partial charge in [-0.1, -0.05) is 6.07 Å². The standard InChI is InChI=1S/C8H5BrN2O/c9-8(12)11-7-3-1-2-6(4-7)5-10/h1-4H,(H,11,12). The summed E-state index contributed by atoms with van der Waals surface area (Å²) in [5.41, 5.74) is 1.13. The Morgan fingerprint density at radius 3 is 2.92 bits per heavy atom. The van der Waals surface area contributed by atoms with Crippen molar-refractivity contribution in [3.63, 3.8) is 0 Å². The number of anilines is 1. The number of benzene rings is 1. The molecule has 0 bridgehead atoms. The van der Waals surface area contributed by atoms with E-state index in [0.717, 1.165) is 0 Å². The summed E-state index contributed by atoms with van der Waals surface area (Å²) in [5.74, 6) is 0. The van der Waals surface area contributed by atoms with Crippen LogP contribution in [0.15, 0.2) is 24.3 Å². The van der Waals surface area contributed by atoms with Crippen LogP contribution in [0.5, 0.6) is 0 Å². The largest absolute Gasteiger partial charge is 0.316 e. The lowest BCUT2D eigenvalue weighted by Crippen LogP contribution is -1.99. The van der Waals surface area contributed by atoms with Gasteiger partial charge in [0, 0.05) is 21.6 Å². The van der Waals surface area contributed by atoms with Crippen molar-refractivity contribution >= 4 is 26.4 Å². The smallest absolute Gasteiger partial charge is 0.291 e. The molecule has 1 N–H and O–H groups in total. The van der Waals surface area contributed by atoms with Gasteiger partial charge in [-0.3, -0.25) is 4.79 Å². The predicted octanol–water partition coefficient (Wildman–Crippen LogP) is 2.49. The molecule has 1 aromatic carbocycles. The first-order chi connectivity index (χ1) is 5.72. The minimum absolute atomic E-state index is 0.322. The van der Waals surface area contributed by atoms with E-state index in [4.69, 9.17) is 5.26 Å². The number of rotatable bonds is 1. The fraction of sp³-hybridized carbons (Fsp3) is 0. The zero-order chi connectivity index (χ0) is 8.97. The number of nitrogens with one attached hydrogen (secondary N) is 1. The van der Waals surface area contributed by atoms with E-state index >= 15 is 0 Å². The number of carbonyl (C=O) groups excluding carboxylic acids is 1. The first kappa shape index (κ1) is 8.75. The quantitative estimate of drug-likeness (QED) is 0.589. The topological polar surface area (TPSA) is 52.9 Å². The summed E-state index contributed by atoms with van der Waals surface area (Å²) in [5, 5.41) is 11.0. The van der Waals surface area contributed by atoms with E-state index in [1.807, 2.05) is 6.07 Å². The van der Waals surface area contributed by atoms with Gasteiger partial charge >= 0.3 is 0 Å². The van der Waals surface area contributed by atoms with Crippen LogP contribution in [0, 0.1) is 11.3 Å². The molecular formula is C8H5BrN2O. The fourth-order valence-electron chi connectivity index (χ4n) is 0.780. The zero-order valence-corrected chi connectivity index (χ0v) is 7.63. The second-order valence-corrected chi connectivity index (χ2v) is 2.81. The maximum absolute atomic E-state index is 10.5. The lowest BCUT2D eigenvalue weighted by Gasteiger charge is -1.99. The first-order valence-corrected chi connectivity index (χ1v) is 3.98. The molecule has 0 unspecified atom stereocenters. The van der Waals surface area contributed by atoms with E-state index in [2.05, 4.69) is 21.2 Å². The Labute approximate surface area is 78.1 Å². The van der Waals surface area contributed by atoms with Crippen molar-refractivity contribution in [1.29, 1.82) is 5.26 Å². The van der Waals surface area contributed by atoms with Gasteiger partial charge in [0.25, 0.3) is 4.82 Å². The van der Waals surface area contributed by atoms with Crippen LogP contribution in [0.25, 0.3) is 0 Å². The first-order valence-electron chi connectivity index (χ1n) is 3.19. The predicted molar refractivity (Wildman–Crippen MR) is 49.1 cm³/mol. The molecule has 0 atom stereocenters. The van der Waals surface area contributed by atoms with Gasteiger partial charge in [-0.05, 0) is 18.2 Å². The number of halogens is 1. The number of carbonyl (C=O) groups is 1. The summed E-state index contributed by atoms with van der Waals surface area (Å²) in [6.07, 6.45) is 0. The summed E-state index contributed by atoms with van der Waals surface area (Å²) in [7, 11) is 0. The Hall–Kier alpha value is -1.34. The van der Waals surface area contributed by atoms with Crippen molar-refractivity contribution in [2.45, 2.75) is 0 Å². The second-order valence-electron chi connectivity index (χ2n) is 2.09. The van der Waals surface area contributed by atoms with Crippen LogP contribution in [-0.2, 0) is 0 Å². The van der Waals surface area contributed by atoms with Crippen LogP contribution < -0.4 is 5.32 Å². The third-order valence-corrected chi connectivity index (χ3v) is 1.43. The highest BCUT2D eigenvalue weighted by atomic mass is 79.9. The average Bonchev–Trinajstić information content (AvgIpc) is 2.03. The maximum Gasteiger partial charge on any atom is 0.291 e. The highest BCUT2D eigenvalue weighted by Gasteiger charge is 1.96. The maximum atomic E-state index is 10.5. The normalized spacial score (nSPS) is 8.67. The van der Waals surface area contributed by atoms with Crippen LogP contribution in [-0.4, -0.2) is 4.82 Å². The molecular weight excluding hydrogens is 220 g/mol. The van der Waals surface area contributed by atoms with E-state index in [1.165, 1.54) is 0 Å². The lowest BCUT2D eigenvalue weighted by molar-refractivity contribution is 0.270. The molecule has 12 heavy (non-hydrogen) atoms. The molecule has 60 valence electrons. The highest BCUT2D eigenvalue weighted by Crippen LogP contribution is 2.10. The van der Waals surface area contributed by atoms with Crippen molar-refractivity contribution in [3.05, 3.63) is 29.8 Å². The Balaban J connectivity index is 2.88. The summed E-state index contributed by atoms with van der Waals surface area (Å²) in [4.78, 5) is 10.2.